The summed E-state index contributed by atoms with van der Waals surface area (Å²) in [5.41, 5.74) is 1.25. The third kappa shape index (κ3) is 3.06. The van der Waals surface area contributed by atoms with Crippen molar-refractivity contribution in [3.05, 3.63) is 60.4 Å². The highest BCUT2D eigenvalue weighted by Gasteiger charge is 2.15. The molecule has 2 atom stereocenters. The Hall–Kier alpha value is -1.83. The van der Waals surface area contributed by atoms with Crippen molar-refractivity contribution in [1.29, 1.82) is 0 Å². The lowest BCUT2D eigenvalue weighted by molar-refractivity contribution is 0.195. The fraction of sp³-hybridized carbons (Fsp3) is 0.267. The monoisotopic (exact) mass is 227 g/mol. The van der Waals surface area contributed by atoms with Crippen molar-refractivity contribution in [2.75, 3.05) is 0 Å². The third-order valence-electron chi connectivity index (χ3n) is 3.00. The van der Waals surface area contributed by atoms with Crippen molar-refractivity contribution in [3.8, 4) is 5.75 Å². The molecule has 0 aliphatic rings. The van der Waals surface area contributed by atoms with Crippen LogP contribution in [-0.4, -0.2) is 11.1 Å². The molecule has 2 nitrogen and oxygen atoms in total. The number of ether oxygens (including phenoxy) is 1. The lowest BCUT2D eigenvalue weighted by atomic mass is 9.97. The van der Waals surface area contributed by atoms with Crippen LogP contribution in [0.2, 0.25) is 0 Å². The first-order valence-corrected chi connectivity index (χ1v) is 5.89. The molecule has 0 saturated carbocycles. The molecule has 1 aromatic carbocycles. The van der Waals surface area contributed by atoms with Gasteiger partial charge >= 0.3 is 0 Å². The molecule has 0 bridgehead atoms. The summed E-state index contributed by atoms with van der Waals surface area (Å²) in [7, 11) is 0. The largest absolute Gasteiger partial charge is 0.490 e. The van der Waals surface area contributed by atoms with E-state index in [9.17, 15) is 0 Å². The lowest BCUT2D eigenvalue weighted by Gasteiger charge is -2.21. The van der Waals surface area contributed by atoms with E-state index >= 15 is 0 Å². The van der Waals surface area contributed by atoms with Crippen molar-refractivity contribution in [3.63, 3.8) is 0 Å². The molecule has 17 heavy (non-hydrogen) atoms. The molecule has 0 aliphatic heterocycles. The summed E-state index contributed by atoms with van der Waals surface area (Å²) >= 11 is 0. The van der Waals surface area contributed by atoms with Crippen LogP contribution in [-0.2, 0) is 0 Å². The molecule has 2 heteroatoms. The van der Waals surface area contributed by atoms with Gasteiger partial charge in [-0.15, -0.1) is 0 Å². The summed E-state index contributed by atoms with van der Waals surface area (Å²) in [5.74, 6) is 1.26. The molecular weight excluding hydrogens is 210 g/mol. The van der Waals surface area contributed by atoms with Crippen LogP contribution in [0.25, 0.3) is 0 Å². The second-order valence-corrected chi connectivity index (χ2v) is 4.21. The van der Waals surface area contributed by atoms with E-state index in [1.165, 1.54) is 5.56 Å². The van der Waals surface area contributed by atoms with Crippen molar-refractivity contribution in [2.45, 2.75) is 25.9 Å². The molecule has 2 aromatic rings. The normalized spacial score (nSPS) is 14.0. The van der Waals surface area contributed by atoms with Gasteiger partial charge in [0, 0.05) is 18.3 Å². The number of hydrogen-bond donors (Lipinski definition) is 0. The molecule has 0 aliphatic carbocycles. The summed E-state index contributed by atoms with van der Waals surface area (Å²) in [6.45, 7) is 4.26. The lowest BCUT2D eigenvalue weighted by Crippen LogP contribution is -2.19. The van der Waals surface area contributed by atoms with E-state index in [1.54, 1.807) is 0 Å². The number of nitrogens with zero attached hydrogens (tertiary/aromatic N) is 1. The summed E-state index contributed by atoms with van der Waals surface area (Å²) < 4.78 is 5.91. The maximum Gasteiger partial charge on any atom is 0.119 e. The number of pyridine rings is 1. The second-order valence-electron chi connectivity index (χ2n) is 4.21. The second kappa shape index (κ2) is 5.48. The minimum atomic E-state index is 0.139. The van der Waals surface area contributed by atoms with Crippen LogP contribution < -0.4 is 4.74 Å². The molecular formula is C15H17NO. The Morgan fingerprint density at radius 1 is 0.941 bits per heavy atom. The Bertz CT molecular complexity index is 441. The number of benzene rings is 1. The van der Waals surface area contributed by atoms with Crippen LogP contribution >= 0.6 is 0 Å². The molecule has 0 amide bonds. The van der Waals surface area contributed by atoms with Crippen LogP contribution in [0.5, 0.6) is 5.75 Å². The third-order valence-corrected chi connectivity index (χ3v) is 3.00. The summed E-state index contributed by atoms with van der Waals surface area (Å²) in [6, 6.07) is 14.0. The van der Waals surface area contributed by atoms with Gasteiger partial charge in [-0.1, -0.05) is 25.1 Å². The molecule has 1 aromatic heterocycles. The van der Waals surface area contributed by atoms with Gasteiger partial charge in [0.1, 0.15) is 11.9 Å². The van der Waals surface area contributed by atoms with Gasteiger partial charge in [-0.05, 0) is 36.8 Å². The highest BCUT2D eigenvalue weighted by molar-refractivity contribution is 5.22. The summed E-state index contributed by atoms with van der Waals surface area (Å²) in [4.78, 5) is 4.03. The van der Waals surface area contributed by atoms with Gasteiger partial charge in [-0.3, -0.25) is 4.98 Å². The first-order valence-electron chi connectivity index (χ1n) is 5.89. The van der Waals surface area contributed by atoms with E-state index in [-0.39, 0.29) is 6.10 Å². The Morgan fingerprint density at radius 3 is 2.24 bits per heavy atom. The van der Waals surface area contributed by atoms with Gasteiger partial charge in [-0.25, -0.2) is 0 Å². The number of rotatable bonds is 4. The highest BCUT2D eigenvalue weighted by Crippen LogP contribution is 2.22. The predicted molar refractivity (Wildman–Crippen MR) is 69.2 cm³/mol. The topological polar surface area (TPSA) is 22.1 Å². The van der Waals surface area contributed by atoms with Crippen molar-refractivity contribution < 1.29 is 4.74 Å². The molecule has 0 spiro atoms. The van der Waals surface area contributed by atoms with Crippen LogP contribution in [0.3, 0.4) is 0 Å². The minimum Gasteiger partial charge on any atom is -0.490 e. The van der Waals surface area contributed by atoms with Crippen LogP contribution in [0.1, 0.15) is 25.3 Å². The van der Waals surface area contributed by atoms with Gasteiger partial charge in [0.25, 0.3) is 0 Å². The maximum atomic E-state index is 5.91. The zero-order valence-electron chi connectivity index (χ0n) is 10.2. The van der Waals surface area contributed by atoms with Crippen molar-refractivity contribution in [1.82, 2.24) is 4.98 Å². The molecule has 2 unspecified atom stereocenters. The van der Waals surface area contributed by atoms with Gasteiger partial charge in [0.2, 0.25) is 0 Å². The molecule has 88 valence electrons. The van der Waals surface area contributed by atoms with Gasteiger partial charge in [0.15, 0.2) is 0 Å². The van der Waals surface area contributed by atoms with Crippen molar-refractivity contribution >= 4 is 0 Å². The zero-order valence-corrected chi connectivity index (χ0v) is 10.2. The standard InChI is InChI=1S/C15H17NO/c1-12(14-8-10-16-11-9-14)13(2)17-15-6-4-3-5-7-15/h3-13H,1-2H3. The summed E-state index contributed by atoms with van der Waals surface area (Å²) in [6.07, 6.45) is 3.78. The Kier molecular flexibility index (Phi) is 3.76. The maximum absolute atomic E-state index is 5.91. The average Bonchev–Trinajstić information content (AvgIpc) is 2.40. The number of hydrogen-bond acceptors (Lipinski definition) is 2. The Balaban J connectivity index is 2.03. The average molecular weight is 227 g/mol. The number of aromatic nitrogens is 1. The van der Waals surface area contributed by atoms with Gasteiger partial charge in [-0.2, -0.15) is 0 Å². The van der Waals surface area contributed by atoms with E-state index in [0.29, 0.717) is 5.92 Å². The van der Waals surface area contributed by atoms with Crippen LogP contribution in [0.15, 0.2) is 54.9 Å². The van der Waals surface area contributed by atoms with Crippen LogP contribution in [0.4, 0.5) is 0 Å². The smallest absolute Gasteiger partial charge is 0.119 e. The predicted octanol–water partition coefficient (Wildman–Crippen LogP) is 3.65. The molecule has 0 radical (unpaired) electrons. The Morgan fingerprint density at radius 2 is 1.59 bits per heavy atom. The molecule has 1 heterocycles. The van der Waals surface area contributed by atoms with Gasteiger partial charge < -0.3 is 4.74 Å². The van der Waals surface area contributed by atoms with Gasteiger partial charge in [0.05, 0.1) is 0 Å². The molecule has 2 rings (SSSR count). The fourth-order valence-corrected chi connectivity index (χ4v) is 1.75. The molecule has 0 saturated heterocycles. The highest BCUT2D eigenvalue weighted by atomic mass is 16.5. The SMILES string of the molecule is CC(Oc1ccccc1)C(C)c1ccncc1. The Labute approximate surface area is 102 Å². The quantitative estimate of drug-likeness (QED) is 0.795. The fourth-order valence-electron chi connectivity index (χ4n) is 1.75. The molecule has 0 N–H and O–H groups in total. The van der Waals surface area contributed by atoms with E-state index < -0.39 is 0 Å². The zero-order chi connectivity index (χ0) is 12.1. The van der Waals surface area contributed by atoms with E-state index in [4.69, 9.17) is 4.74 Å². The van der Waals surface area contributed by atoms with E-state index in [0.717, 1.165) is 5.75 Å². The first kappa shape index (κ1) is 11.6. The van der Waals surface area contributed by atoms with Crippen LogP contribution in [0, 0.1) is 0 Å². The first-order chi connectivity index (χ1) is 8.27. The minimum absolute atomic E-state index is 0.139. The number of para-hydroxylation sites is 1. The van der Waals surface area contributed by atoms with E-state index in [1.807, 2.05) is 54.9 Å². The van der Waals surface area contributed by atoms with Crippen molar-refractivity contribution in [2.24, 2.45) is 0 Å². The summed E-state index contributed by atoms with van der Waals surface area (Å²) in [5, 5.41) is 0. The van der Waals surface area contributed by atoms with E-state index in [2.05, 4.69) is 18.8 Å². The molecule has 0 fully saturated rings.